The van der Waals surface area contributed by atoms with Crippen LogP contribution < -0.4 is 10.1 Å². The number of unbranched alkanes of at least 4 members (excludes halogenated alkanes) is 1. The highest BCUT2D eigenvalue weighted by atomic mass is 16.5. The maximum atomic E-state index is 5.73. The number of hydrogen-bond acceptors (Lipinski definition) is 2. The zero-order valence-electron chi connectivity index (χ0n) is 13.6. The fraction of sp³-hybridized carbons (Fsp3) is 0.667. The summed E-state index contributed by atoms with van der Waals surface area (Å²) >= 11 is 0. The summed E-state index contributed by atoms with van der Waals surface area (Å²) in [6.07, 6.45) is 5.49. The Morgan fingerprint density at radius 1 is 1.20 bits per heavy atom. The molecule has 0 heterocycles. The van der Waals surface area contributed by atoms with Gasteiger partial charge in [-0.1, -0.05) is 45.2 Å². The van der Waals surface area contributed by atoms with E-state index in [4.69, 9.17) is 4.74 Å². The van der Waals surface area contributed by atoms with E-state index in [-0.39, 0.29) is 6.10 Å². The van der Waals surface area contributed by atoms with Crippen LogP contribution in [-0.4, -0.2) is 12.6 Å². The van der Waals surface area contributed by atoms with Gasteiger partial charge in [0.1, 0.15) is 5.75 Å². The fourth-order valence-electron chi connectivity index (χ4n) is 2.36. The van der Waals surface area contributed by atoms with Gasteiger partial charge < -0.3 is 10.1 Å². The normalized spacial score (nSPS) is 12.7. The average Bonchev–Trinajstić information content (AvgIpc) is 2.42. The van der Waals surface area contributed by atoms with Gasteiger partial charge in [-0.3, -0.25) is 0 Å². The molecule has 0 bridgehead atoms. The van der Waals surface area contributed by atoms with E-state index in [0.29, 0.717) is 0 Å². The van der Waals surface area contributed by atoms with E-state index >= 15 is 0 Å². The van der Waals surface area contributed by atoms with Crippen molar-refractivity contribution in [3.63, 3.8) is 0 Å². The Morgan fingerprint density at radius 2 is 2.00 bits per heavy atom. The predicted molar refractivity (Wildman–Crippen MR) is 87.2 cm³/mol. The van der Waals surface area contributed by atoms with E-state index < -0.39 is 0 Å². The average molecular weight is 277 g/mol. The summed E-state index contributed by atoms with van der Waals surface area (Å²) in [5, 5.41) is 3.59. The van der Waals surface area contributed by atoms with Crippen LogP contribution in [-0.2, 0) is 6.54 Å². The number of hydrogen-bond donors (Lipinski definition) is 1. The number of benzene rings is 1. The number of ether oxygens (including phenoxy) is 1. The molecular weight excluding hydrogens is 246 g/mol. The molecular formula is C18H31NO. The summed E-state index contributed by atoms with van der Waals surface area (Å²) in [5.41, 5.74) is 1.30. The highest BCUT2D eigenvalue weighted by Gasteiger charge is 2.05. The standard InChI is InChI=1S/C18H31NO/c1-5-7-9-16(6-2)13-19-14-17-10-8-11-18(12-17)20-15(3)4/h8,10-12,15-16,19H,5-7,9,13-14H2,1-4H3. The summed E-state index contributed by atoms with van der Waals surface area (Å²) in [6.45, 7) is 10.7. The lowest BCUT2D eigenvalue weighted by Crippen LogP contribution is -2.22. The molecule has 1 aromatic rings. The van der Waals surface area contributed by atoms with E-state index in [1.807, 2.05) is 6.07 Å². The van der Waals surface area contributed by atoms with Crippen LogP contribution in [0.2, 0.25) is 0 Å². The maximum absolute atomic E-state index is 5.73. The zero-order chi connectivity index (χ0) is 14.8. The SMILES string of the molecule is CCCCC(CC)CNCc1cccc(OC(C)C)c1. The van der Waals surface area contributed by atoms with Crippen LogP contribution in [0, 0.1) is 5.92 Å². The molecule has 0 amide bonds. The summed E-state index contributed by atoms with van der Waals surface area (Å²) in [7, 11) is 0. The molecule has 20 heavy (non-hydrogen) atoms. The molecule has 0 aliphatic heterocycles. The summed E-state index contributed by atoms with van der Waals surface area (Å²) in [6, 6.07) is 8.40. The molecule has 0 aliphatic rings. The lowest BCUT2D eigenvalue weighted by molar-refractivity contribution is 0.242. The molecule has 1 atom stereocenters. The third-order valence-electron chi connectivity index (χ3n) is 3.58. The lowest BCUT2D eigenvalue weighted by atomic mass is 9.99. The zero-order valence-corrected chi connectivity index (χ0v) is 13.6. The van der Waals surface area contributed by atoms with Crippen LogP contribution in [0.1, 0.15) is 58.9 Å². The molecule has 0 aromatic heterocycles. The smallest absolute Gasteiger partial charge is 0.120 e. The first-order valence-corrected chi connectivity index (χ1v) is 8.12. The Balaban J connectivity index is 2.37. The Bertz CT molecular complexity index is 362. The highest BCUT2D eigenvalue weighted by Crippen LogP contribution is 2.15. The second kappa shape index (κ2) is 9.82. The van der Waals surface area contributed by atoms with Gasteiger partial charge in [0.25, 0.3) is 0 Å². The predicted octanol–water partition coefficient (Wildman–Crippen LogP) is 4.78. The second-order valence-corrected chi connectivity index (χ2v) is 5.86. The van der Waals surface area contributed by atoms with Crippen LogP contribution in [0.3, 0.4) is 0 Å². The largest absolute Gasteiger partial charge is 0.491 e. The van der Waals surface area contributed by atoms with Crippen molar-refractivity contribution in [1.29, 1.82) is 0 Å². The molecule has 0 aliphatic carbocycles. The minimum absolute atomic E-state index is 0.233. The van der Waals surface area contributed by atoms with E-state index in [1.165, 1.54) is 31.2 Å². The van der Waals surface area contributed by atoms with Crippen LogP contribution in [0.15, 0.2) is 24.3 Å². The first-order valence-electron chi connectivity index (χ1n) is 8.12. The molecule has 0 saturated heterocycles. The summed E-state index contributed by atoms with van der Waals surface area (Å²) in [4.78, 5) is 0. The third kappa shape index (κ3) is 6.95. The first kappa shape index (κ1) is 17.0. The van der Waals surface area contributed by atoms with Crippen molar-refractivity contribution < 1.29 is 4.74 Å². The Labute approximate surface area is 124 Å². The molecule has 0 radical (unpaired) electrons. The summed E-state index contributed by atoms with van der Waals surface area (Å²) in [5.74, 6) is 1.78. The van der Waals surface area contributed by atoms with E-state index in [2.05, 4.69) is 51.2 Å². The van der Waals surface area contributed by atoms with Crippen molar-refractivity contribution in [2.75, 3.05) is 6.54 Å². The second-order valence-electron chi connectivity index (χ2n) is 5.86. The Kier molecular flexibility index (Phi) is 8.36. The van der Waals surface area contributed by atoms with Crippen molar-refractivity contribution in [3.05, 3.63) is 29.8 Å². The molecule has 0 spiro atoms. The van der Waals surface area contributed by atoms with E-state index in [9.17, 15) is 0 Å². The molecule has 0 saturated carbocycles. The summed E-state index contributed by atoms with van der Waals surface area (Å²) < 4.78 is 5.73. The van der Waals surface area contributed by atoms with Gasteiger partial charge in [0.05, 0.1) is 6.10 Å². The minimum Gasteiger partial charge on any atom is -0.491 e. The number of rotatable bonds is 10. The maximum Gasteiger partial charge on any atom is 0.120 e. The monoisotopic (exact) mass is 277 g/mol. The van der Waals surface area contributed by atoms with Gasteiger partial charge in [0.15, 0.2) is 0 Å². The van der Waals surface area contributed by atoms with Gasteiger partial charge in [-0.05, 0) is 50.4 Å². The van der Waals surface area contributed by atoms with Crippen LogP contribution in [0.4, 0.5) is 0 Å². The van der Waals surface area contributed by atoms with Crippen molar-refractivity contribution in [1.82, 2.24) is 5.32 Å². The highest BCUT2D eigenvalue weighted by molar-refractivity contribution is 5.28. The van der Waals surface area contributed by atoms with Gasteiger partial charge >= 0.3 is 0 Å². The first-order chi connectivity index (χ1) is 9.65. The molecule has 1 unspecified atom stereocenters. The fourth-order valence-corrected chi connectivity index (χ4v) is 2.36. The molecule has 1 aromatic carbocycles. The molecule has 0 fully saturated rings. The Hall–Kier alpha value is -1.02. The van der Waals surface area contributed by atoms with Crippen molar-refractivity contribution in [3.8, 4) is 5.75 Å². The van der Waals surface area contributed by atoms with Crippen molar-refractivity contribution >= 4 is 0 Å². The molecule has 2 heteroatoms. The van der Waals surface area contributed by atoms with Crippen molar-refractivity contribution in [2.45, 2.75) is 66.0 Å². The topological polar surface area (TPSA) is 21.3 Å². The molecule has 1 rings (SSSR count). The van der Waals surface area contributed by atoms with Gasteiger partial charge in [-0.2, -0.15) is 0 Å². The van der Waals surface area contributed by atoms with Crippen LogP contribution in [0.5, 0.6) is 5.75 Å². The molecule has 114 valence electrons. The van der Waals surface area contributed by atoms with Crippen LogP contribution >= 0.6 is 0 Å². The van der Waals surface area contributed by atoms with Gasteiger partial charge in [-0.25, -0.2) is 0 Å². The molecule has 1 N–H and O–H groups in total. The quantitative estimate of drug-likeness (QED) is 0.664. The van der Waals surface area contributed by atoms with E-state index in [0.717, 1.165) is 24.8 Å². The minimum atomic E-state index is 0.233. The van der Waals surface area contributed by atoms with Gasteiger partial charge in [0.2, 0.25) is 0 Å². The lowest BCUT2D eigenvalue weighted by Gasteiger charge is -2.16. The molecule has 2 nitrogen and oxygen atoms in total. The van der Waals surface area contributed by atoms with Gasteiger partial charge in [0, 0.05) is 6.54 Å². The number of nitrogens with one attached hydrogen (secondary N) is 1. The van der Waals surface area contributed by atoms with Crippen molar-refractivity contribution in [2.24, 2.45) is 5.92 Å². The Morgan fingerprint density at radius 3 is 2.65 bits per heavy atom. The van der Waals surface area contributed by atoms with Gasteiger partial charge in [-0.15, -0.1) is 0 Å². The van der Waals surface area contributed by atoms with Crippen LogP contribution in [0.25, 0.3) is 0 Å². The van der Waals surface area contributed by atoms with E-state index in [1.54, 1.807) is 0 Å². The third-order valence-corrected chi connectivity index (χ3v) is 3.58.